The minimum absolute atomic E-state index is 0.404. The molecule has 1 spiro atoms. The number of para-hydroxylation sites is 1. The molecule has 2 aliphatic carbocycles. The van der Waals surface area contributed by atoms with Crippen LogP contribution in [0.25, 0.3) is 22.2 Å². The van der Waals surface area contributed by atoms with Gasteiger partial charge in [-0.15, -0.1) is 0 Å². The van der Waals surface area contributed by atoms with E-state index in [-0.39, 0.29) is 0 Å². The van der Waals surface area contributed by atoms with Crippen molar-refractivity contribution in [3.05, 3.63) is 41.7 Å². The average molecular weight is 354 g/mol. The Labute approximate surface area is 151 Å². The van der Waals surface area contributed by atoms with Gasteiger partial charge in [0.15, 0.2) is 0 Å². The predicted octanol–water partition coefficient (Wildman–Crippen LogP) is 3.96. The molecule has 2 aliphatic rings. The van der Waals surface area contributed by atoms with Crippen LogP contribution in [0.15, 0.2) is 36.7 Å². The zero-order chi connectivity index (χ0) is 17.0. The second-order valence-corrected chi connectivity index (χ2v) is 7.96. The van der Waals surface area contributed by atoms with Gasteiger partial charge in [0.2, 0.25) is 5.95 Å². The monoisotopic (exact) mass is 353 g/mol. The van der Waals surface area contributed by atoms with Gasteiger partial charge in [-0.05, 0) is 37.2 Å². The lowest BCUT2D eigenvalue weighted by Crippen LogP contribution is -2.57. The molecule has 2 heterocycles. The molecule has 4 N–H and O–H groups in total. The Hall–Kier alpha value is -2.11. The number of nitrogens with zero attached hydrogens (tertiary/aromatic N) is 2. The highest BCUT2D eigenvalue weighted by molar-refractivity contribution is 6.33. The molecule has 2 aromatic heterocycles. The molecule has 0 saturated heterocycles. The van der Waals surface area contributed by atoms with Crippen LogP contribution >= 0.6 is 11.6 Å². The summed E-state index contributed by atoms with van der Waals surface area (Å²) in [7, 11) is 0. The fourth-order valence-electron chi connectivity index (χ4n) is 4.55. The highest BCUT2D eigenvalue weighted by Gasteiger charge is 2.51. The van der Waals surface area contributed by atoms with Gasteiger partial charge in [-0.3, -0.25) is 0 Å². The van der Waals surface area contributed by atoms with Crippen molar-refractivity contribution in [2.24, 2.45) is 11.1 Å². The predicted molar refractivity (Wildman–Crippen MR) is 101 cm³/mol. The van der Waals surface area contributed by atoms with Crippen molar-refractivity contribution < 1.29 is 0 Å². The molecule has 0 bridgehead atoms. The molecule has 5 nitrogen and oxygen atoms in total. The highest BCUT2D eigenvalue weighted by atomic mass is 35.5. The van der Waals surface area contributed by atoms with Gasteiger partial charge in [0, 0.05) is 34.7 Å². The molecule has 2 fully saturated rings. The van der Waals surface area contributed by atoms with Gasteiger partial charge >= 0.3 is 0 Å². The first kappa shape index (κ1) is 15.2. The van der Waals surface area contributed by atoms with Crippen molar-refractivity contribution in [1.82, 2.24) is 15.0 Å². The third-order valence-electron chi connectivity index (χ3n) is 5.67. The molecule has 0 radical (unpaired) electrons. The average Bonchev–Trinajstić information content (AvgIpc) is 2.97. The molecule has 1 aromatic carbocycles. The third kappa shape index (κ3) is 2.50. The van der Waals surface area contributed by atoms with E-state index in [4.69, 9.17) is 22.3 Å². The van der Waals surface area contributed by atoms with E-state index in [0.29, 0.717) is 28.5 Å². The summed E-state index contributed by atoms with van der Waals surface area (Å²) in [6.45, 7) is 0. The van der Waals surface area contributed by atoms with Crippen molar-refractivity contribution in [2.75, 3.05) is 5.32 Å². The summed E-state index contributed by atoms with van der Waals surface area (Å²) in [5.74, 6) is 0.646. The summed E-state index contributed by atoms with van der Waals surface area (Å²) >= 11 is 6.38. The number of nitrogens with two attached hydrogens (primary N) is 1. The minimum atomic E-state index is 0.404. The van der Waals surface area contributed by atoms with Gasteiger partial charge in [0.1, 0.15) is 0 Å². The standard InChI is InChI=1S/C19H20ClN5/c20-15-10-23-18(24-12-7-19(8-12)5-11(21)6-19)25-17(15)14-9-22-16-4-2-1-3-13(14)16/h1-4,9-12,22H,5-8,21H2,(H,23,24,25). The molecule has 0 atom stereocenters. The van der Waals surface area contributed by atoms with E-state index >= 15 is 0 Å². The van der Waals surface area contributed by atoms with Crippen molar-refractivity contribution in [1.29, 1.82) is 0 Å². The van der Waals surface area contributed by atoms with Gasteiger partial charge in [-0.25, -0.2) is 9.97 Å². The molecule has 0 aliphatic heterocycles. The van der Waals surface area contributed by atoms with Crippen LogP contribution in [0.5, 0.6) is 0 Å². The third-order valence-corrected chi connectivity index (χ3v) is 5.95. The lowest BCUT2D eigenvalue weighted by Gasteiger charge is -2.57. The number of benzene rings is 1. The second kappa shape index (κ2) is 5.44. The molecular formula is C19H20ClN5. The summed E-state index contributed by atoms with van der Waals surface area (Å²) in [5.41, 5.74) is 9.26. The number of halogens is 1. The second-order valence-electron chi connectivity index (χ2n) is 7.56. The molecule has 25 heavy (non-hydrogen) atoms. The van der Waals surface area contributed by atoms with Crippen molar-refractivity contribution in [3.63, 3.8) is 0 Å². The minimum Gasteiger partial charge on any atom is -0.360 e. The van der Waals surface area contributed by atoms with Crippen LogP contribution in [0.4, 0.5) is 5.95 Å². The van der Waals surface area contributed by atoms with E-state index in [0.717, 1.165) is 47.8 Å². The molecule has 0 unspecified atom stereocenters. The topological polar surface area (TPSA) is 79.6 Å². The Balaban J connectivity index is 1.39. The maximum Gasteiger partial charge on any atom is 0.223 e. The Bertz CT molecular complexity index is 936. The number of fused-ring (bicyclic) bond motifs is 1. The summed E-state index contributed by atoms with van der Waals surface area (Å²) in [4.78, 5) is 12.3. The Morgan fingerprint density at radius 2 is 2.00 bits per heavy atom. The SMILES string of the molecule is NC1CC2(C1)CC(Nc1ncc(Cl)c(-c3c[nH]c4ccccc34)n1)C2. The summed E-state index contributed by atoms with van der Waals surface area (Å²) in [5, 5.41) is 5.13. The zero-order valence-corrected chi connectivity index (χ0v) is 14.6. The number of rotatable bonds is 3. The molecular weight excluding hydrogens is 334 g/mol. The van der Waals surface area contributed by atoms with E-state index in [2.05, 4.69) is 21.4 Å². The molecule has 2 saturated carbocycles. The number of aromatic amines is 1. The quantitative estimate of drug-likeness (QED) is 0.665. The van der Waals surface area contributed by atoms with Crippen LogP contribution in [-0.2, 0) is 0 Å². The Morgan fingerprint density at radius 3 is 2.80 bits per heavy atom. The van der Waals surface area contributed by atoms with E-state index in [1.54, 1.807) is 6.20 Å². The van der Waals surface area contributed by atoms with Gasteiger partial charge in [0.05, 0.1) is 16.9 Å². The fourth-order valence-corrected chi connectivity index (χ4v) is 4.74. The van der Waals surface area contributed by atoms with Crippen LogP contribution in [0.2, 0.25) is 5.02 Å². The maximum atomic E-state index is 6.38. The van der Waals surface area contributed by atoms with Crippen LogP contribution in [0, 0.1) is 5.41 Å². The maximum absolute atomic E-state index is 6.38. The van der Waals surface area contributed by atoms with Gasteiger partial charge in [-0.2, -0.15) is 0 Å². The van der Waals surface area contributed by atoms with Crippen molar-refractivity contribution in [3.8, 4) is 11.3 Å². The smallest absolute Gasteiger partial charge is 0.223 e. The lowest BCUT2D eigenvalue weighted by atomic mass is 9.52. The van der Waals surface area contributed by atoms with E-state index < -0.39 is 0 Å². The first-order valence-corrected chi connectivity index (χ1v) is 9.11. The van der Waals surface area contributed by atoms with E-state index in [1.807, 2.05) is 24.4 Å². The first-order chi connectivity index (χ1) is 12.1. The van der Waals surface area contributed by atoms with Crippen LogP contribution in [0.1, 0.15) is 25.7 Å². The molecule has 6 heteroatoms. The number of hydrogen-bond donors (Lipinski definition) is 3. The largest absolute Gasteiger partial charge is 0.360 e. The van der Waals surface area contributed by atoms with Crippen LogP contribution in [-0.4, -0.2) is 27.0 Å². The van der Waals surface area contributed by atoms with Crippen molar-refractivity contribution in [2.45, 2.75) is 37.8 Å². The molecule has 128 valence electrons. The molecule has 3 aromatic rings. The van der Waals surface area contributed by atoms with E-state index in [9.17, 15) is 0 Å². The lowest BCUT2D eigenvalue weighted by molar-refractivity contribution is 0.000996. The van der Waals surface area contributed by atoms with Crippen molar-refractivity contribution >= 4 is 28.5 Å². The van der Waals surface area contributed by atoms with Crippen LogP contribution < -0.4 is 11.1 Å². The summed E-state index contributed by atoms with van der Waals surface area (Å²) < 4.78 is 0. The van der Waals surface area contributed by atoms with E-state index in [1.165, 1.54) is 0 Å². The number of anilines is 1. The Morgan fingerprint density at radius 1 is 1.20 bits per heavy atom. The summed E-state index contributed by atoms with van der Waals surface area (Å²) in [6, 6.07) is 8.98. The number of H-pyrrole nitrogens is 1. The van der Waals surface area contributed by atoms with Gasteiger partial charge < -0.3 is 16.0 Å². The van der Waals surface area contributed by atoms with Gasteiger partial charge in [0.25, 0.3) is 0 Å². The number of nitrogens with one attached hydrogen (secondary N) is 2. The first-order valence-electron chi connectivity index (χ1n) is 8.73. The fraction of sp³-hybridized carbons (Fsp3) is 0.368. The normalized spacial score (nSPS) is 27.9. The number of hydrogen-bond acceptors (Lipinski definition) is 4. The summed E-state index contributed by atoms with van der Waals surface area (Å²) in [6.07, 6.45) is 8.28. The molecule has 5 rings (SSSR count). The van der Waals surface area contributed by atoms with Crippen LogP contribution in [0.3, 0.4) is 0 Å². The van der Waals surface area contributed by atoms with Gasteiger partial charge in [-0.1, -0.05) is 29.8 Å². The highest BCUT2D eigenvalue weighted by Crippen LogP contribution is 2.55. The Kier molecular flexibility index (Phi) is 3.30. The number of aromatic nitrogens is 3. The zero-order valence-electron chi connectivity index (χ0n) is 13.8. The molecule has 0 amide bonds.